The number of ether oxygens (including phenoxy) is 1. The Balaban J connectivity index is 2.13. The van der Waals surface area contributed by atoms with E-state index in [0.29, 0.717) is 24.3 Å². The minimum Gasteiger partial charge on any atom is -0.493 e. The molecule has 30 heavy (non-hydrogen) atoms. The van der Waals surface area contributed by atoms with Crippen molar-refractivity contribution in [1.82, 2.24) is 5.48 Å². The van der Waals surface area contributed by atoms with Crippen LogP contribution >= 0.6 is 0 Å². The summed E-state index contributed by atoms with van der Waals surface area (Å²) in [5.41, 5.74) is 8.60. The molecule has 0 heterocycles. The van der Waals surface area contributed by atoms with Gasteiger partial charge in [0.25, 0.3) is 0 Å². The summed E-state index contributed by atoms with van der Waals surface area (Å²) in [6, 6.07) is 10.7. The first-order chi connectivity index (χ1) is 14.0. The predicted molar refractivity (Wildman–Crippen MR) is 113 cm³/mol. The van der Waals surface area contributed by atoms with Crippen LogP contribution in [-0.4, -0.2) is 42.3 Å². The molecule has 164 valence electrons. The van der Waals surface area contributed by atoms with Crippen molar-refractivity contribution in [3.8, 4) is 5.75 Å². The van der Waals surface area contributed by atoms with Gasteiger partial charge in [0.05, 0.1) is 28.8 Å². The second-order valence-electron chi connectivity index (χ2n) is 6.70. The van der Waals surface area contributed by atoms with Gasteiger partial charge in [-0.05, 0) is 42.3 Å². The van der Waals surface area contributed by atoms with Crippen LogP contribution in [0.3, 0.4) is 0 Å². The number of hydrogen-bond acceptors (Lipinski definition) is 7. The SMILES string of the molecule is Cc1cc(CS(=O)(=O)c2ccccc2S(C)(=O)=O)cc(OCCCONC(=N)N)c1. The molecule has 0 saturated carbocycles. The average molecular weight is 456 g/mol. The molecule has 2 rings (SSSR count). The van der Waals surface area contributed by atoms with E-state index in [-0.39, 0.29) is 28.1 Å². The van der Waals surface area contributed by atoms with Gasteiger partial charge in [0, 0.05) is 12.7 Å². The lowest BCUT2D eigenvalue weighted by atomic mass is 10.1. The van der Waals surface area contributed by atoms with Gasteiger partial charge in [-0.15, -0.1) is 0 Å². The minimum absolute atomic E-state index is 0.215. The summed E-state index contributed by atoms with van der Waals surface area (Å²) in [4.78, 5) is 4.50. The molecule has 0 atom stereocenters. The molecule has 0 aromatic heterocycles. The normalized spacial score (nSPS) is 11.8. The van der Waals surface area contributed by atoms with Gasteiger partial charge in [-0.1, -0.05) is 18.2 Å². The molecule has 0 unspecified atom stereocenters. The maximum atomic E-state index is 12.9. The first-order valence-corrected chi connectivity index (χ1v) is 12.5. The van der Waals surface area contributed by atoms with E-state index in [1.54, 1.807) is 18.2 Å². The molecule has 2 aromatic carbocycles. The summed E-state index contributed by atoms with van der Waals surface area (Å²) in [6.07, 6.45) is 1.50. The van der Waals surface area contributed by atoms with Crippen LogP contribution < -0.4 is 16.0 Å². The zero-order valence-corrected chi connectivity index (χ0v) is 18.3. The smallest absolute Gasteiger partial charge is 0.210 e. The van der Waals surface area contributed by atoms with Crippen LogP contribution in [0.1, 0.15) is 17.5 Å². The molecule has 0 radical (unpaired) electrons. The van der Waals surface area contributed by atoms with E-state index in [2.05, 4.69) is 5.48 Å². The summed E-state index contributed by atoms with van der Waals surface area (Å²) in [6.45, 7) is 2.40. The van der Waals surface area contributed by atoms with Crippen molar-refractivity contribution in [1.29, 1.82) is 5.41 Å². The highest BCUT2D eigenvalue weighted by atomic mass is 32.2. The Bertz CT molecular complexity index is 1110. The third kappa shape index (κ3) is 7.01. The number of hydrogen-bond donors (Lipinski definition) is 3. The zero-order chi connectivity index (χ0) is 22.4. The monoisotopic (exact) mass is 455 g/mol. The summed E-state index contributed by atoms with van der Waals surface area (Å²) < 4.78 is 55.4. The second-order valence-corrected chi connectivity index (χ2v) is 10.6. The summed E-state index contributed by atoms with van der Waals surface area (Å²) >= 11 is 0. The zero-order valence-electron chi connectivity index (χ0n) is 16.7. The average Bonchev–Trinajstić information content (AvgIpc) is 2.63. The third-order valence-electron chi connectivity index (χ3n) is 3.89. The summed E-state index contributed by atoms with van der Waals surface area (Å²) in [5, 5.41) is 6.97. The van der Waals surface area contributed by atoms with Gasteiger partial charge in [0.1, 0.15) is 5.75 Å². The van der Waals surface area contributed by atoms with Crippen molar-refractivity contribution in [3.63, 3.8) is 0 Å². The molecule has 0 bridgehead atoms. The van der Waals surface area contributed by atoms with E-state index >= 15 is 0 Å². The molecular weight excluding hydrogens is 430 g/mol. The number of sulfone groups is 2. The van der Waals surface area contributed by atoms with Crippen LogP contribution in [0.25, 0.3) is 0 Å². The van der Waals surface area contributed by atoms with Gasteiger partial charge in [-0.3, -0.25) is 10.2 Å². The fourth-order valence-electron chi connectivity index (χ4n) is 2.75. The van der Waals surface area contributed by atoms with Crippen molar-refractivity contribution in [3.05, 3.63) is 53.6 Å². The van der Waals surface area contributed by atoms with Crippen molar-refractivity contribution in [2.75, 3.05) is 19.5 Å². The van der Waals surface area contributed by atoms with Crippen LogP contribution in [0.4, 0.5) is 0 Å². The van der Waals surface area contributed by atoms with E-state index in [0.717, 1.165) is 11.8 Å². The molecule has 11 heteroatoms. The maximum absolute atomic E-state index is 12.9. The molecular formula is C19H25N3O6S2. The molecule has 0 aliphatic carbocycles. The van der Waals surface area contributed by atoms with Crippen molar-refractivity contribution in [2.45, 2.75) is 28.9 Å². The van der Waals surface area contributed by atoms with Crippen LogP contribution in [0.5, 0.6) is 5.75 Å². The van der Waals surface area contributed by atoms with E-state index in [1.807, 2.05) is 6.92 Å². The van der Waals surface area contributed by atoms with Crippen LogP contribution in [0.2, 0.25) is 0 Å². The van der Waals surface area contributed by atoms with Crippen molar-refractivity contribution in [2.24, 2.45) is 5.73 Å². The quantitative estimate of drug-likeness (QED) is 0.211. The highest BCUT2D eigenvalue weighted by Gasteiger charge is 2.24. The molecule has 0 spiro atoms. The fourth-order valence-corrected chi connectivity index (χ4v) is 5.77. The Morgan fingerprint density at radius 2 is 1.73 bits per heavy atom. The molecule has 9 nitrogen and oxygen atoms in total. The van der Waals surface area contributed by atoms with Crippen LogP contribution in [0, 0.1) is 12.3 Å². The van der Waals surface area contributed by atoms with E-state index in [1.165, 1.54) is 24.3 Å². The first kappa shape index (κ1) is 23.6. The van der Waals surface area contributed by atoms with Gasteiger partial charge < -0.3 is 10.5 Å². The largest absolute Gasteiger partial charge is 0.493 e. The molecule has 0 aliphatic heterocycles. The minimum atomic E-state index is -3.90. The summed E-state index contributed by atoms with van der Waals surface area (Å²) in [7, 11) is -7.59. The molecule has 0 saturated heterocycles. The van der Waals surface area contributed by atoms with Gasteiger partial charge in [-0.2, -0.15) is 0 Å². The predicted octanol–water partition coefficient (Wildman–Crippen LogP) is 1.56. The lowest BCUT2D eigenvalue weighted by Gasteiger charge is -2.12. The van der Waals surface area contributed by atoms with Crippen LogP contribution in [-0.2, 0) is 30.3 Å². The Morgan fingerprint density at radius 3 is 2.37 bits per heavy atom. The molecule has 2 aromatic rings. The number of guanidine groups is 1. The number of nitrogens with two attached hydrogens (primary N) is 1. The number of hydroxylamine groups is 1. The van der Waals surface area contributed by atoms with Crippen LogP contribution in [0.15, 0.2) is 52.3 Å². The maximum Gasteiger partial charge on any atom is 0.210 e. The number of nitrogens with one attached hydrogen (secondary N) is 2. The van der Waals surface area contributed by atoms with E-state index in [4.69, 9.17) is 20.7 Å². The molecule has 0 amide bonds. The Kier molecular flexibility index (Phi) is 7.82. The summed E-state index contributed by atoms with van der Waals surface area (Å²) in [5.74, 6) is -0.155. The molecule has 4 N–H and O–H groups in total. The lowest BCUT2D eigenvalue weighted by molar-refractivity contribution is 0.0733. The first-order valence-electron chi connectivity index (χ1n) is 8.96. The molecule has 0 fully saturated rings. The highest BCUT2D eigenvalue weighted by Crippen LogP contribution is 2.26. The van der Waals surface area contributed by atoms with E-state index in [9.17, 15) is 16.8 Å². The third-order valence-corrected chi connectivity index (χ3v) is 6.92. The lowest BCUT2D eigenvalue weighted by Crippen LogP contribution is -2.30. The number of aryl methyl sites for hydroxylation is 1. The molecule has 0 aliphatic rings. The van der Waals surface area contributed by atoms with Gasteiger partial charge in [0.15, 0.2) is 19.7 Å². The van der Waals surface area contributed by atoms with Gasteiger partial charge in [-0.25, -0.2) is 22.3 Å². The number of benzene rings is 2. The topological polar surface area (TPSA) is 149 Å². The standard InChI is InChI=1S/C19H25N3O6S2/c1-14-10-15(12-16(11-14)27-8-5-9-28-22-19(20)21)13-30(25,26)18-7-4-3-6-17(18)29(2,23)24/h3-4,6-7,10-12H,5,8-9,13H2,1-2H3,(H4,20,21,22). The fraction of sp³-hybridized carbons (Fsp3) is 0.316. The number of rotatable bonds is 10. The van der Waals surface area contributed by atoms with E-state index < -0.39 is 19.7 Å². The van der Waals surface area contributed by atoms with Crippen molar-refractivity contribution < 1.29 is 26.4 Å². The van der Waals surface area contributed by atoms with Gasteiger partial charge in [0.2, 0.25) is 5.96 Å². The Hall–Kier alpha value is -2.63. The second kappa shape index (κ2) is 9.92. The Labute approximate surface area is 176 Å². The Morgan fingerprint density at radius 1 is 1.07 bits per heavy atom. The highest BCUT2D eigenvalue weighted by molar-refractivity contribution is 7.93. The van der Waals surface area contributed by atoms with Crippen molar-refractivity contribution >= 4 is 25.6 Å². The van der Waals surface area contributed by atoms with Gasteiger partial charge >= 0.3 is 0 Å².